The Kier molecular flexibility index (Phi) is 4.53. The van der Waals surface area contributed by atoms with Crippen LogP contribution in [0.5, 0.6) is 17.2 Å². The summed E-state index contributed by atoms with van der Waals surface area (Å²) in [6.45, 7) is 3.63. The van der Waals surface area contributed by atoms with E-state index in [2.05, 4.69) is 0 Å². The van der Waals surface area contributed by atoms with E-state index in [1.165, 1.54) is 0 Å². The summed E-state index contributed by atoms with van der Waals surface area (Å²) < 4.78 is 11.1. The fourth-order valence-corrected chi connectivity index (χ4v) is 2.28. The van der Waals surface area contributed by atoms with Gasteiger partial charge in [-0.1, -0.05) is 23.7 Å². The topological polar surface area (TPSA) is 38.7 Å². The minimum atomic E-state index is -0.703. The van der Waals surface area contributed by atoms with Gasteiger partial charge in [0.2, 0.25) is 0 Å². The second-order valence-electron chi connectivity index (χ2n) is 4.58. The normalized spacial score (nSPS) is 12.1. The lowest BCUT2D eigenvalue weighted by Crippen LogP contribution is -2.00. The lowest BCUT2D eigenvalue weighted by Gasteiger charge is -2.17. The highest BCUT2D eigenvalue weighted by molar-refractivity contribution is 6.32. The highest BCUT2D eigenvalue weighted by Crippen LogP contribution is 2.38. The lowest BCUT2D eigenvalue weighted by atomic mass is 10.1. The standard InChI is InChI=1S/C16H17ClO3/c1-10-7-8-13(12(17)9-10)20-15-6-4-5-14(19-3)16(15)11(2)18/h4-9,11,18H,1-3H3. The van der Waals surface area contributed by atoms with Crippen molar-refractivity contribution in [1.82, 2.24) is 0 Å². The van der Waals surface area contributed by atoms with Crippen molar-refractivity contribution in [2.75, 3.05) is 7.11 Å². The average molecular weight is 293 g/mol. The maximum Gasteiger partial charge on any atom is 0.146 e. The van der Waals surface area contributed by atoms with Gasteiger partial charge < -0.3 is 14.6 Å². The van der Waals surface area contributed by atoms with Crippen molar-refractivity contribution in [2.45, 2.75) is 20.0 Å². The summed E-state index contributed by atoms with van der Waals surface area (Å²) in [5, 5.41) is 10.4. The predicted octanol–water partition coefficient (Wildman–Crippen LogP) is 4.50. The van der Waals surface area contributed by atoms with Crippen LogP contribution in [0.2, 0.25) is 5.02 Å². The Balaban J connectivity index is 2.43. The average Bonchev–Trinajstić information content (AvgIpc) is 2.41. The second kappa shape index (κ2) is 6.16. The van der Waals surface area contributed by atoms with Gasteiger partial charge in [-0.05, 0) is 43.7 Å². The monoisotopic (exact) mass is 292 g/mol. The van der Waals surface area contributed by atoms with E-state index in [1.54, 1.807) is 26.2 Å². The third kappa shape index (κ3) is 3.06. The molecule has 2 aromatic carbocycles. The highest BCUT2D eigenvalue weighted by Gasteiger charge is 2.16. The van der Waals surface area contributed by atoms with Crippen molar-refractivity contribution in [1.29, 1.82) is 0 Å². The molecule has 0 aliphatic carbocycles. The van der Waals surface area contributed by atoms with Crippen LogP contribution < -0.4 is 9.47 Å². The molecule has 1 atom stereocenters. The Labute approximate surface area is 123 Å². The Morgan fingerprint density at radius 2 is 1.80 bits per heavy atom. The molecular weight excluding hydrogens is 276 g/mol. The van der Waals surface area contributed by atoms with Crippen LogP contribution in [0.25, 0.3) is 0 Å². The number of rotatable bonds is 4. The van der Waals surface area contributed by atoms with Gasteiger partial charge >= 0.3 is 0 Å². The fourth-order valence-electron chi connectivity index (χ4n) is 2.01. The number of aliphatic hydroxyl groups excluding tert-OH is 1. The van der Waals surface area contributed by atoms with Gasteiger partial charge in [0, 0.05) is 0 Å². The highest BCUT2D eigenvalue weighted by atomic mass is 35.5. The number of halogens is 1. The van der Waals surface area contributed by atoms with Crippen molar-refractivity contribution in [3.8, 4) is 17.2 Å². The Morgan fingerprint density at radius 3 is 2.40 bits per heavy atom. The number of ether oxygens (including phenoxy) is 2. The summed E-state index contributed by atoms with van der Waals surface area (Å²) in [6, 6.07) is 10.9. The molecule has 4 heteroatoms. The molecule has 0 amide bonds. The van der Waals surface area contributed by atoms with Crippen molar-refractivity contribution in [2.24, 2.45) is 0 Å². The molecule has 20 heavy (non-hydrogen) atoms. The Bertz CT molecular complexity index is 609. The van der Waals surface area contributed by atoms with Crippen LogP contribution in [0.4, 0.5) is 0 Å². The summed E-state index contributed by atoms with van der Waals surface area (Å²) >= 11 is 6.17. The van der Waals surface area contributed by atoms with Crippen LogP contribution >= 0.6 is 11.6 Å². The van der Waals surface area contributed by atoms with E-state index in [-0.39, 0.29) is 0 Å². The maximum absolute atomic E-state index is 9.91. The van der Waals surface area contributed by atoms with Crippen molar-refractivity contribution < 1.29 is 14.6 Å². The zero-order valence-corrected chi connectivity index (χ0v) is 12.4. The van der Waals surface area contributed by atoms with Gasteiger partial charge in [0.1, 0.15) is 17.2 Å². The number of hydrogen-bond donors (Lipinski definition) is 1. The maximum atomic E-state index is 9.91. The molecule has 0 aliphatic rings. The largest absolute Gasteiger partial charge is 0.496 e. The molecule has 0 saturated heterocycles. The first-order valence-corrected chi connectivity index (χ1v) is 6.69. The third-order valence-corrected chi connectivity index (χ3v) is 3.27. The molecule has 2 rings (SSSR count). The van der Waals surface area contributed by atoms with Gasteiger partial charge in [-0.25, -0.2) is 0 Å². The van der Waals surface area contributed by atoms with Crippen LogP contribution in [-0.2, 0) is 0 Å². The van der Waals surface area contributed by atoms with Crippen LogP contribution in [0.3, 0.4) is 0 Å². The van der Waals surface area contributed by atoms with Gasteiger partial charge in [0.25, 0.3) is 0 Å². The van der Waals surface area contributed by atoms with Crippen molar-refractivity contribution in [3.05, 3.63) is 52.5 Å². The molecule has 0 radical (unpaired) electrons. The fraction of sp³-hybridized carbons (Fsp3) is 0.250. The van der Waals surface area contributed by atoms with E-state index in [0.29, 0.717) is 27.8 Å². The van der Waals surface area contributed by atoms with Crippen molar-refractivity contribution >= 4 is 11.6 Å². The molecule has 0 saturated carbocycles. The molecule has 0 aromatic heterocycles. The van der Waals surface area contributed by atoms with Gasteiger partial charge in [0.05, 0.1) is 23.8 Å². The van der Waals surface area contributed by atoms with Crippen molar-refractivity contribution in [3.63, 3.8) is 0 Å². The first-order valence-electron chi connectivity index (χ1n) is 6.32. The van der Waals surface area contributed by atoms with E-state index in [0.717, 1.165) is 5.56 Å². The molecule has 3 nitrogen and oxygen atoms in total. The number of methoxy groups -OCH3 is 1. The van der Waals surface area contributed by atoms with Gasteiger partial charge in [-0.3, -0.25) is 0 Å². The number of hydrogen-bond acceptors (Lipinski definition) is 3. The first-order chi connectivity index (χ1) is 9.52. The molecule has 1 unspecified atom stereocenters. The Hall–Kier alpha value is -1.71. The second-order valence-corrected chi connectivity index (χ2v) is 4.99. The van der Waals surface area contributed by atoms with Crippen LogP contribution in [0.15, 0.2) is 36.4 Å². The summed E-state index contributed by atoms with van der Waals surface area (Å²) in [5.41, 5.74) is 1.66. The number of benzene rings is 2. The van der Waals surface area contributed by atoms with Gasteiger partial charge in [0.15, 0.2) is 0 Å². The molecule has 2 aromatic rings. The SMILES string of the molecule is COc1cccc(Oc2ccc(C)cc2Cl)c1C(C)O. The molecule has 0 spiro atoms. The minimum Gasteiger partial charge on any atom is -0.496 e. The summed E-state index contributed by atoms with van der Waals surface area (Å²) in [7, 11) is 1.56. The van der Waals surface area contributed by atoms with E-state index in [4.69, 9.17) is 21.1 Å². The van der Waals surface area contributed by atoms with E-state index in [1.807, 2.05) is 31.2 Å². The smallest absolute Gasteiger partial charge is 0.146 e. The number of aryl methyl sites for hydroxylation is 1. The Morgan fingerprint density at radius 1 is 1.10 bits per heavy atom. The minimum absolute atomic E-state index is 0.532. The summed E-state index contributed by atoms with van der Waals surface area (Å²) in [4.78, 5) is 0. The van der Waals surface area contributed by atoms with E-state index < -0.39 is 6.10 Å². The molecule has 0 heterocycles. The molecule has 0 aliphatic heterocycles. The molecule has 1 N–H and O–H groups in total. The summed E-state index contributed by atoms with van der Waals surface area (Å²) in [6.07, 6.45) is -0.703. The van der Waals surface area contributed by atoms with E-state index in [9.17, 15) is 5.11 Å². The third-order valence-electron chi connectivity index (χ3n) is 2.97. The zero-order valence-electron chi connectivity index (χ0n) is 11.7. The molecule has 0 fully saturated rings. The number of aliphatic hydroxyl groups is 1. The first kappa shape index (κ1) is 14.7. The quantitative estimate of drug-likeness (QED) is 0.901. The molecule has 0 bridgehead atoms. The van der Waals surface area contributed by atoms with Gasteiger partial charge in [-0.2, -0.15) is 0 Å². The molecular formula is C16H17ClO3. The lowest BCUT2D eigenvalue weighted by molar-refractivity contribution is 0.190. The van der Waals surface area contributed by atoms with Crippen LogP contribution in [0.1, 0.15) is 24.2 Å². The van der Waals surface area contributed by atoms with E-state index >= 15 is 0 Å². The van der Waals surface area contributed by atoms with Crippen LogP contribution in [0, 0.1) is 6.92 Å². The predicted molar refractivity (Wildman–Crippen MR) is 79.9 cm³/mol. The van der Waals surface area contributed by atoms with Gasteiger partial charge in [-0.15, -0.1) is 0 Å². The molecule has 106 valence electrons. The zero-order chi connectivity index (χ0) is 14.7. The van der Waals surface area contributed by atoms with Crippen LogP contribution in [-0.4, -0.2) is 12.2 Å². The summed E-state index contributed by atoms with van der Waals surface area (Å²) in [5.74, 6) is 1.67.